The first-order valence-electron chi connectivity index (χ1n) is 12.5. The van der Waals surface area contributed by atoms with Gasteiger partial charge >= 0.3 is 0 Å². The van der Waals surface area contributed by atoms with Crippen LogP contribution in [0.5, 0.6) is 0 Å². The van der Waals surface area contributed by atoms with Gasteiger partial charge < -0.3 is 0 Å². The van der Waals surface area contributed by atoms with Crippen LogP contribution in [0.4, 0.5) is 0 Å². The first-order chi connectivity index (χ1) is 13.1. The molecular formula is C26H45N. The van der Waals surface area contributed by atoms with Crippen LogP contribution in [0, 0.1) is 33.5 Å². The maximum Gasteiger partial charge on any atom is 0.0689 e. The second-order valence-corrected chi connectivity index (χ2v) is 10.8. The van der Waals surface area contributed by atoms with Gasteiger partial charge in [-0.25, -0.2) is 0 Å². The number of nitriles is 1. The van der Waals surface area contributed by atoms with Crippen molar-refractivity contribution in [1.82, 2.24) is 0 Å². The molecule has 0 unspecified atom stereocenters. The van der Waals surface area contributed by atoms with Gasteiger partial charge in [-0.15, -0.1) is 0 Å². The number of nitrogens with zero attached hydrogens (tertiary/aromatic N) is 1. The smallest absolute Gasteiger partial charge is 0.0689 e. The van der Waals surface area contributed by atoms with Gasteiger partial charge in [-0.2, -0.15) is 5.26 Å². The first-order valence-corrected chi connectivity index (χ1v) is 12.5. The second-order valence-electron chi connectivity index (χ2n) is 10.8. The minimum absolute atomic E-state index is 0.0358. The molecule has 0 N–H and O–H groups in total. The van der Waals surface area contributed by atoms with Crippen LogP contribution in [0.3, 0.4) is 0 Å². The van der Waals surface area contributed by atoms with Crippen molar-refractivity contribution in [2.75, 3.05) is 0 Å². The monoisotopic (exact) mass is 371 g/mol. The van der Waals surface area contributed by atoms with Crippen LogP contribution in [-0.4, -0.2) is 0 Å². The van der Waals surface area contributed by atoms with Crippen molar-refractivity contribution in [1.29, 1.82) is 5.26 Å². The fourth-order valence-corrected chi connectivity index (χ4v) is 7.12. The molecule has 4 rings (SSSR count). The fraction of sp³-hybridized carbons (Fsp3) is 0.962. The van der Waals surface area contributed by atoms with E-state index >= 15 is 0 Å². The largest absolute Gasteiger partial charge is 0.198 e. The van der Waals surface area contributed by atoms with E-state index in [9.17, 15) is 5.26 Å². The summed E-state index contributed by atoms with van der Waals surface area (Å²) in [5.41, 5.74) is 1.45. The Morgan fingerprint density at radius 1 is 0.704 bits per heavy atom. The third-order valence-electron chi connectivity index (χ3n) is 9.33. The highest BCUT2D eigenvalue weighted by Crippen LogP contribution is 2.64. The predicted molar refractivity (Wildman–Crippen MR) is 115 cm³/mol. The summed E-state index contributed by atoms with van der Waals surface area (Å²) < 4.78 is 0. The van der Waals surface area contributed by atoms with E-state index in [2.05, 4.69) is 19.9 Å². The lowest BCUT2D eigenvalue weighted by Crippen LogP contribution is -2.47. The van der Waals surface area contributed by atoms with Gasteiger partial charge in [0.15, 0.2) is 0 Å². The number of rotatable bonds is 10. The Bertz CT molecular complexity index is 466. The Balaban J connectivity index is 1.50. The number of unbranched alkanes of at least 4 members (excludes halogenated alkanes) is 5. The van der Waals surface area contributed by atoms with Gasteiger partial charge in [-0.1, -0.05) is 58.8 Å². The summed E-state index contributed by atoms with van der Waals surface area (Å²) in [6.07, 6.45) is 26.4. The van der Waals surface area contributed by atoms with Crippen molar-refractivity contribution in [3.8, 4) is 6.07 Å². The zero-order valence-electron chi connectivity index (χ0n) is 18.5. The Hall–Kier alpha value is -0.510. The summed E-state index contributed by atoms with van der Waals surface area (Å²) in [4.78, 5) is 0. The molecule has 0 aromatic rings. The number of hydrogen-bond donors (Lipinski definition) is 0. The van der Waals surface area contributed by atoms with E-state index in [-0.39, 0.29) is 5.41 Å². The molecule has 0 atom stereocenters. The van der Waals surface area contributed by atoms with Gasteiger partial charge in [0.2, 0.25) is 0 Å². The van der Waals surface area contributed by atoms with E-state index in [4.69, 9.17) is 0 Å². The molecule has 0 radical (unpaired) electrons. The van der Waals surface area contributed by atoms with Crippen molar-refractivity contribution in [3.63, 3.8) is 0 Å². The van der Waals surface area contributed by atoms with Crippen molar-refractivity contribution < 1.29 is 0 Å². The highest BCUT2D eigenvalue weighted by molar-refractivity contribution is 5.07. The topological polar surface area (TPSA) is 23.8 Å². The molecule has 0 amide bonds. The minimum Gasteiger partial charge on any atom is -0.198 e. The average molecular weight is 372 g/mol. The molecule has 0 aliphatic heterocycles. The molecule has 154 valence electrons. The van der Waals surface area contributed by atoms with Crippen LogP contribution >= 0.6 is 0 Å². The molecule has 0 saturated heterocycles. The van der Waals surface area contributed by atoms with Gasteiger partial charge in [0.25, 0.3) is 0 Å². The maximum absolute atomic E-state index is 9.91. The van der Waals surface area contributed by atoms with Crippen molar-refractivity contribution in [3.05, 3.63) is 0 Å². The van der Waals surface area contributed by atoms with Crippen LogP contribution in [0.25, 0.3) is 0 Å². The Kier molecular flexibility index (Phi) is 7.32. The van der Waals surface area contributed by atoms with Crippen molar-refractivity contribution in [2.45, 2.75) is 136 Å². The molecule has 2 bridgehead atoms. The Labute approximate surface area is 169 Å². The molecule has 0 spiro atoms. The lowest BCUT2D eigenvalue weighted by Gasteiger charge is -2.58. The van der Waals surface area contributed by atoms with E-state index in [1.807, 2.05) is 0 Å². The molecule has 1 heteroatoms. The van der Waals surface area contributed by atoms with Crippen LogP contribution in [0.15, 0.2) is 0 Å². The second kappa shape index (κ2) is 9.33. The number of hydrogen-bond acceptors (Lipinski definition) is 1. The SMILES string of the molecule is CCCCCCC1(C#N)CCC(C23CCC(CCCCC)(CC2)CC3)CC1. The van der Waals surface area contributed by atoms with Gasteiger partial charge in [0, 0.05) is 0 Å². The van der Waals surface area contributed by atoms with Gasteiger partial charge in [-0.3, -0.25) is 0 Å². The molecule has 0 heterocycles. The van der Waals surface area contributed by atoms with E-state index in [1.165, 1.54) is 122 Å². The zero-order chi connectivity index (χ0) is 19.2. The molecule has 4 aliphatic carbocycles. The minimum atomic E-state index is 0.0358. The normalized spacial score (nSPS) is 38.6. The number of fused-ring (bicyclic) bond motifs is 3. The van der Waals surface area contributed by atoms with Crippen LogP contribution in [0.2, 0.25) is 0 Å². The highest BCUT2D eigenvalue weighted by atomic mass is 14.6. The van der Waals surface area contributed by atoms with Gasteiger partial charge in [0.1, 0.15) is 0 Å². The maximum atomic E-state index is 9.91. The van der Waals surface area contributed by atoms with E-state index < -0.39 is 0 Å². The van der Waals surface area contributed by atoms with Crippen LogP contribution in [0.1, 0.15) is 136 Å². The molecule has 0 aromatic carbocycles. The highest BCUT2D eigenvalue weighted by Gasteiger charge is 2.52. The lowest BCUT2D eigenvalue weighted by molar-refractivity contribution is -0.0690. The zero-order valence-corrected chi connectivity index (χ0v) is 18.5. The molecule has 0 aromatic heterocycles. The van der Waals surface area contributed by atoms with Crippen molar-refractivity contribution in [2.24, 2.45) is 22.2 Å². The van der Waals surface area contributed by atoms with Gasteiger partial charge in [0.05, 0.1) is 11.5 Å². The van der Waals surface area contributed by atoms with Crippen molar-refractivity contribution >= 4 is 0 Å². The summed E-state index contributed by atoms with van der Waals surface area (Å²) in [7, 11) is 0. The quantitative estimate of drug-likeness (QED) is 0.353. The molecule has 4 aliphatic rings. The van der Waals surface area contributed by atoms with E-state index in [0.29, 0.717) is 5.41 Å². The first kappa shape index (κ1) is 21.2. The van der Waals surface area contributed by atoms with Gasteiger partial charge in [-0.05, 0) is 93.8 Å². The Morgan fingerprint density at radius 3 is 1.81 bits per heavy atom. The summed E-state index contributed by atoms with van der Waals surface area (Å²) in [5.74, 6) is 0.934. The average Bonchev–Trinajstić information content (AvgIpc) is 2.73. The predicted octanol–water partition coefficient (Wildman–Crippen LogP) is 8.58. The molecular weight excluding hydrogens is 326 g/mol. The fourth-order valence-electron chi connectivity index (χ4n) is 7.12. The summed E-state index contributed by atoms with van der Waals surface area (Å²) in [6, 6.07) is 2.79. The summed E-state index contributed by atoms with van der Waals surface area (Å²) in [5, 5.41) is 9.91. The van der Waals surface area contributed by atoms with E-state index in [0.717, 1.165) is 11.3 Å². The van der Waals surface area contributed by atoms with Crippen LogP contribution in [-0.2, 0) is 0 Å². The lowest BCUT2D eigenvalue weighted by atomic mass is 9.47. The third-order valence-corrected chi connectivity index (χ3v) is 9.33. The third kappa shape index (κ3) is 4.74. The molecule has 1 nitrogen and oxygen atoms in total. The summed E-state index contributed by atoms with van der Waals surface area (Å²) >= 11 is 0. The van der Waals surface area contributed by atoms with E-state index in [1.54, 1.807) is 0 Å². The molecule has 4 saturated carbocycles. The Morgan fingerprint density at radius 2 is 1.26 bits per heavy atom. The molecule has 4 fully saturated rings. The standard InChI is InChI=1S/C26H45N/c1-3-5-7-9-13-25(22-27)14-10-23(11-15-25)26-19-16-24(17-20-26,18-21-26)12-8-6-4-2/h23H,3-21H2,1-2H3. The summed E-state index contributed by atoms with van der Waals surface area (Å²) in [6.45, 7) is 4.61. The van der Waals surface area contributed by atoms with Crippen LogP contribution < -0.4 is 0 Å². The molecule has 27 heavy (non-hydrogen) atoms.